The Morgan fingerprint density at radius 2 is 2.00 bits per heavy atom. The highest BCUT2D eigenvalue weighted by Crippen LogP contribution is 2.25. The Hall–Kier alpha value is -1.42. The Balaban J connectivity index is 2.96. The molecule has 0 radical (unpaired) electrons. The molecule has 0 amide bonds. The first-order valence-corrected chi connectivity index (χ1v) is 4.07. The van der Waals surface area contributed by atoms with Gasteiger partial charge in [-0.15, -0.1) is 6.58 Å². The third-order valence-corrected chi connectivity index (χ3v) is 1.75. The second kappa shape index (κ2) is 4.72. The number of rotatable bonds is 4. The zero-order valence-corrected chi connectivity index (χ0v) is 7.49. The van der Waals surface area contributed by atoms with Crippen molar-refractivity contribution in [3.05, 3.63) is 42.5 Å². The molecule has 0 aliphatic carbocycles. The highest BCUT2D eigenvalue weighted by atomic mass is 19.3. The number of para-hydroxylation sites is 1. The van der Waals surface area contributed by atoms with Crippen LogP contribution in [0.25, 0.3) is 0 Å². The van der Waals surface area contributed by atoms with E-state index in [4.69, 9.17) is 5.73 Å². The van der Waals surface area contributed by atoms with Crippen LogP contribution in [0.5, 0.6) is 5.75 Å². The maximum Gasteiger partial charge on any atom is 0.387 e. The minimum atomic E-state index is -2.84. The second-order valence-corrected chi connectivity index (χ2v) is 2.68. The van der Waals surface area contributed by atoms with E-state index in [1.807, 2.05) is 0 Å². The van der Waals surface area contributed by atoms with Crippen molar-refractivity contribution in [1.29, 1.82) is 0 Å². The Morgan fingerprint density at radius 1 is 1.36 bits per heavy atom. The van der Waals surface area contributed by atoms with E-state index in [2.05, 4.69) is 11.3 Å². The number of hydrogen-bond acceptors (Lipinski definition) is 2. The Kier molecular flexibility index (Phi) is 3.59. The summed E-state index contributed by atoms with van der Waals surface area (Å²) in [5, 5.41) is 0. The molecule has 1 aromatic carbocycles. The highest BCUT2D eigenvalue weighted by Gasteiger charge is 2.11. The fourth-order valence-electron chi connectivity index (χ4n) is 1.09. The first-order valence-electron chi connectivity index (χ1n) is 4.07. The van der Waals surface area contributed by atoms with E-state index >= 15 is 0 Å². The molecule has 0 bridgehead atoms. The largest absolute Gasteiger partial charge is 0.434 e. The van der Waals surface area contributed by atoms with Crippen molar-refractivity contribution in [3.8, 4) is 5.75 Å². The van der Waals surface area contributed by atoms with Gasteiger partial charge in [0.2, 0.25) is 0 Å². The molecule has 14 heavy (non-hydrogen) atoms. The highest BCUT2D eigenvalue weighted by molar-refractivity contribution is 5.37. The lowest BCUT2D eigenvalue weighted by Crippen LogP contribution is -2.11. The molecule has 0 unspecified atom stereocenters. The first-order chi connectivity index (χ1) is 6.65. The molecule has 2 N–H and O–H groups in total. The van der Waals surface area contributed by atoms with Crippen LogP contribution in [0.3, 0.4) is 0 Å². The van der Waals surface area contributed by atoms with E-state index in [1.54, 1.807) is 18.2 Å². The van der Waals surface area contributed by atoms with Crippen LogP contribution >= 0.6 is 0 Å². The fourth-order valence-corrected chi connectivity index (χ4v) is 1.09. The maximum atomic E-state index is 12.0. The van der Waals surface area contributed by atoms with E-state index < -0.39 is 12.7 Å². The Labute approximate surface area is 81.0 Å². The standard InChI is InChI=1S/C10H11F2NO/c1-2-8(13)7-5-3-4-6-9(7)14-10(11)12/h2-6,8,10H,1,13H2/t8-/m0/s1. The van der Waals surface area contributed by atoms with Gasteiger partial charge in [-0.2, -0.15) is 8.78 Å². The molecule has 1 atom stereocenters. The molecular weight excluding hydrogens is 188 g/mol. The van der Waals surface area contributed by atoms with E-state index in [-0.39, 0.29) is 5.75 Å². The number of benzene rings is 1. The number of ether oxygens (including phenoxy) is 1. The maximum absolute atomic E-state index is 12.0. The molecule has 1 rings (SSSR count). The molecule has 76 valence electrons. The zero-order chi connectivity index (χ0) is 10.6. The van der Waals surface area contributed by atoms with Gasteiger partial charge in [0.05, 0.1) is 6.04 Å². The van der Waals surface area contributed by atoms with Gasteiger partial charge < -0.3 is 10.5 Å². The molecule has 0 saturated heterocycles. The number of halogens is 2. The number of hydrogen-bond donors (Lipinski definition) is 1. The van der Waals surface area contributed by atoms with Crippen molar-refractivity contribution < 1.29 is 13.5 Å². The third kappa shape index (κ3) is 2.53. The summed E-state index contributed by atoms with van der Waals surface area (Å²) in [7, 11) is 0. The molecule has 0 spiro atoms. The SMILES string of the molecule is C=C[C@H](N)c1ccccc1OC(F)F. The van der Waals surface area contributed by atoms with E-state index in [0.29, 0.717) is 5.56 Å². The second-order valence-electron chi connectivity index (χ2n) is 2.68. The lowest BCUT2D eigenvalue weighted by Gasteiger charge is -2.13. The van der Waals surface area contributed by atoms with Crippen LogP contribution < -0.4 is 10.5 Å². The van der Waals surface area contributed by atoms with Crippen LogP contribution in [0.15, 0.2) is 36.9 Å². The van der Waals surface area contributed by atoms with Crippen molar-refractivity contribution in [1.82, 2.24) is 0 Å². The molecule has 0 heterocycles. The van der Waals surface area contributed by atoms with Gasteiger partial charge in [-0.1, -0.05) is 24.3 Å². The molecular formula is C10H11F2NO. The average Bonchev–Trinajstić information content (AvgIpc) is 2.16. The summed E-state index contributed by atoms with van der Waals surface area (Å²) in [6.07, 6.45) is 1.47. The van der Waals surface area contributed by atoms with Gasteiger partial charge in [0, 0.05) is 5.56 Å². The molecule has 0 aliphatic rings. The lowest BCUT2D eigenvalue weighted by molar-refractivity contribution is -0.0505. The summed E-state index contributed by atoms with van der Waals surface area (Å²) < 4.78 is 28.3. The van der Waals surface area contributed by atoms with Gasteiger partial charge in [-0.3, -0.25) is 0 Å². The molecule has 0 aliphatic heterocycles. The smallest absolute Gasteiger partial charge is 0.387 e. The summed E-state index contributed by atoms with van der Waals surface area (Å²) in [6, 6.07) is 5.90. The summed E-state index contributed by atoms with van der Waals surface area (Å²) in [5.74, 6) is 0.0925. The molecule has 2 nitrogen and oxygen atoms in total. The van der Waals surface area contributed by atoms with Crippen molar-refractivity contribution in [2.45, 2.75) is 12.7 Å². The minimum absolute atomic E-state index is 0.0925. The van der Waals surface area contributed by atoms with Gasteiger partial charge in [0.1, 0.15) is 5.75 Å². The third-order valence-electron chi connectivity index (χ3n) is 1.75. The van der Waals surface area contributed by atoms with Gasteiger partial charge >= 0.3 is 6.61 Å². The van der Waals surface area contributed by atoms with Crippen molar-refractivity contribution in [3.63, 3.8) is 0 Å². The van der Waals surface area contributed by atoms with Crippen LogP contribution in [-0.4, -0.2) is 6.61 Å². The quantitative estimate of drug-likeness (QED) is 0.756. The first kappa shape index (κ1) is 10.7. The monoisotopic (exact) mass is 199 g/mol. The summed E-state index contributed by atoms with van der Waals surface area (Å²) >= 11 is 0. The lowest BCUT2D eigenvalue weighted by atomic mass is 10.1. The van der Waals surface area contributed by atoms with Crippen LogP contribution in [0, 0.1) is 0 Å². The van der Waals surface area contributed by atoms with E-state index in [1.165, 1.54) is 12.1 Å². The van der Waals surface area contributed by atoms with Crippen LogP contribution in [0.1, 0.15) is 11.6 Å². The van der Waals surface area contributed by atoms with Gasteiger partial charge in [-0.05, 0) is 6.07 Å². The van der Waals surface area contributed by atoms with E-state index in [0.717, 1.165) is 0 Å². The summed E-state index contributed by atoms with van der Waals surface area (Å²) in [4.78, 5) is 0. The molecule has 1 aromatic rings. The zero-order valence-electron chi connectivity index (χ0n) is 7.49. The number of alkyl halides is 2. The van der Waals surface area contributed by atoms with Crippen LogP contribution in [0.2, 0.25) is 0 Å². The predicted octanol–water partition coefficient (Wildman–Crippen LogP) is 2.47. The fraction of sp³-hybridized carbons (Fsp3) is 0.200. The summed E-state index contributed by atoms with van der Waals surface area (Å²) in [6.45, 7) is 0.650. The Morgan fingerprint density at radius 3 is 2.57 bits per heavy atom. The van der Waals surface area contributed by atoms with Crippen molar-refractivity contribution in [2.24, 2.45) is 5.73 Å². The predicted molar refractivity (Wildman–Crippen MR) is 50.2 cm³/mol. The molecule has 4 heteroatoms. The number of nitrogens with two attached hydrogens (primary N) is 1. The molecule has 0 fully saturated rings. The van der Waals surface area contributed by atoms with Crippen molar-refractivity contribution >= 4 is 0 Å². The van der Waals surface area contributed by atoms with Crippen LogP contribution in [-0.2, 0) is 0 Å². The topological polar surface area (TPSA) is 35.2 Å². The van der Waals surface area contributed by atoms with Gasteiger partial charge in [0.25, 0.3) is 0 Å². The minimum Gasteiger partial charge on any atom is -0.434 e. The van der Waals surface area contributed by atoms with Gasteiger partial charge in [0.15, 0.2) is 0 Å². The van der Waals surface area contributed by atoms with Crippen LogP contribution in [0.4, 0.5) is 8.78 Å². The van der Waals surface area contributed by atoms with E-state index in [9.17, 15) is 8.78 Å². The molecule has 0 aromatic heterocycles. The summed E-state index contributed by atoms with van der Waals surface area (Å²) in [5.41, 5.74) is 6.13. The average molecular weight is 199 g/mol. The normalized spacial score (nSPS) is 12.6. The van der Waals surface area contributed by atoms with Crippen molar-refractivity contribution in [2.75, 3.05) is 0 Å². The molecule has 0 saturated carbocycles. The Bertz CT molecular complexity index is 315. The van der Waals surface area contributed by atoms with Gasteiger partial charge in [-0.25, -0.2) is 0 Å².